The van der Waals surface area contributed by atoms with E-state index in [2.05, 4.69) is 4.98 Å². The maximum Gasteiger partial charge on any atom is 0.203 e. The van der Waals surface area contributed by atoms with E-state index >= 15 is 0 Å². The molecule has 0 saturated carbocycles. The molecular weight excluding hydrogens is 286 g/mol. The molecule has 102 valence electrons. The number of halogens is 1. The van der Waals surface area contributed by atoms with Crippen LogP contribution in [0, 0.1) is 0 Å². The minimum atomic E-state index is 0.391. The van der Waals surface area contributed by atoms with Crippen LogP contribution in [0.2, 0.25) is 0 Å². The number of alkyl halides is 1. The van der Waals surface area contributed by atoms with E-state index in [4.69, 9.17) is 25.8 Å². The van der Waals surface area contributed by atoms with Crippen molar-refractivity contribution in [2.45, 2.75) is 12.5 Å². The van der Waals surface area contributed by atoms with Gasteiger partial charge in [-0.2, -0.15) is 0 Å². The lowest BCUT2D eigenvalue weighted by Crippen LogP contribution is -2.00. The Kier molecular flexibility index (Phi) is 4.87. The molecule has 0 bridgehead atoms. The van der Waals surface area contributed by atoms with Gasteiger partial charge in [0.05, 0.1) is 24.6 Å². The Hall–Kier alpha value is -1.46. The number of benzene rings is 1. The van der Waals surface area contributed by atoms with Crippen LogP contribution in [0.25, 0.3) is 0 Å². The van der Waals surface area contributed by atoms with Gasteiger partial charge in [0.25, 0.3) is 0 Å². The van der Waals surface area contributed by atoms with Gasteiger partial charge in [-0.05, 0) is 17.7 Å². The summed E-state index contributed by atoms with van der Waals surface area (Å²) in [5, 5.41) is 0. The van der Waals surface area contributed by atoms with E-state index in [1.165, 1.54) is 11.3 Å². The van der Waals surface area contributed by atoms with Gasteiger partial charge < -0.3 is 14.2 Å². The van der Waals surface area contributed by atoms with E-state index in [1.54, 1.807) is 25.9 Å². The number of nitrogens with zero attached hydrogens (tertiary/aromatic N) is 1. The summed E-state index contributed by atoms with van der Waals surface area (Å²) >= 11 is 7.37. The molecule has 19 heavy (non-hydrogen) atoms. The van der Waals surface area contributed by atoms with Crippen LogP contribution in [0.5, 0.6) is 17.2 Å². The zero-order chi connectivity index (χ0) is 13.7. The van der Waals surface area contributed by atoms with Crippen molar-refractivity contribution in [3.05, 3.63) is 34.3 Å². The summed E-state index contributed by atoms with van der Waals surface area (Å²) in [5.74, 6) is 2.19. The van der Waals surface area contributed by atoms with Crippen molar-refractivity contribution in [1.82, 2.24) is 4.98 Å². The molecule has 0 radical (unpaired) electrons. The zero-order valence-corrected chi connectivity index (χ0v) is 12.3. The third-order valence-corrected chi connectivity index (χ3v) is 3.58. The third-order valence-electron chi connectivity index (χ3n) is 2.52. The molecule has 0 spiro atoms. The summed E-state index contributed by atoms with van der Waals surface area (Å²) < 4.78 is 16.4. The largest absolute Gasteiger partial charge is 0.493 e. The molecule has 2 aromatic rings. The minimum absolute atomic E-state index is 0.391. The maximum atomic E-state index is 5.84. The van der Waals surface area contributed by atoms with Crippen molar-refractivity contribution in [1.29, 1.82) is 0 Å². The predicted octanol–water partition coefficient (Wildman–Crippen LogP) is 3.48. The molecule has 0 N–H and O–H groups in total. The van der Waals surface area contributed by atoms with Gasteiger partial charge in [-0.25, -0.2) is 0 Å². The van der Waals surface area contributed by atoms with Gasteiger partial charge >= 0.3 is 0 Å². The lowest BCUT2D eigenvalue weighted by Gasteiger charge is -2.15. The molecule has 0 amide bonds. The number of aromatic nitrogens is 1. The van der Waals surface area contributed by atoms with Crippen molar-refractivity contribution in [3.8, 4) is 17.2 Å². The molecule has 0 unspecified atom stereocenters. The smallest absolute Gasteiger partial charge is 0.203 e. The molecule has 0 saturated heterocycles. The Balaban J connectivity index is 2.26. The maximum absolute atomic E-state index is 5.84. The standard InChI is InChI=1S/C13H14ClNO3S/c1-16-11-3-9(5-14)4-12(17-2)13(11)18-7-10-6-15-8-19-10/h3-4,6,8H,5,7H2,1-2H3. The summed E-state index contributed by atoms with van der Waals surface area (Å²) in [5.41, 5.74) is 2.68. The normalized spacial score (nSPS) is 10.3. The minimum Gasteiger partial charge on any atom is -0.493 e. The van der Waals surface area contributed by atoms with Crippen molar-refractivity contribution >= 4 is 22.9 Å². The average molecular weight is 300 g/mol. The molecular formula is C13H14ClNO3S. The molecule has 1 heterocycles. The predicted molar refractivity (Wildman–Crippen MR) is 75.5 cm³/mol. The Bertz CT molecular complexity index is 506. The van der Waals surface area contributed by atoms with E-state index in [0.29, 0.717) is 29.7 Å². The summed E-state index contributed by atoms with van der Waals surface area (Å²) in [4.78, 5) is 5.04. The number of ether oxygens (including phenoxy) is 3. The van der Waals surface area contributed by atoms with Crippen LogP contribution in [0.4, 0.5) is 0 Å². The molecule has 2 rings (SSSR count). The van der Waals surface area contributed by atoms with E-state index < -0.39 is 0 Å². The fourth-order valence-electron chi connectivity index (χ4n) is 1.61. The molecule has 0 atom stereocenters. The summed E-state index contributed by atoms with van der Waals surface area (Å²) in [7, 11) is 3.18. The van der Waals surface area contributed by atoms with Gasteiger partial charge in [-0.1, -0.05) is 0 Å². The molecule has 0 aliphatic carbocycles. The Morgan fingerprint density at radius 1 is 1.21 bits per heavy atom. The number of hydrogen-bond acceptors (Lipinski definition) is 5. The van der Waals surface area contributed by atoms with Crippen LogP contribution in [0.15, 0.2) is 23.8 Å². The lowest BCUT2D eigenvalue weighted by molar-refractivity contribution is 0.268. The lowest BCUT2D eigenvalue weighted by atomic mass is 10.2. The third kappa shape index (κ3) is 3.30. The quantitative estimate of drug-likeness (QED) is 0.766. The first-order valence-corrected chi connectivity index (χ1v) is 7.01. The van der Waals surface area contributed by atoms with Crippen molar-refractivity contribution in [3.63, 3.8) is 0 Å². The molecule has 6 heteroatoms. The van der Waals surface area contributed by atoms with E-state index in [9.17, 15) is 0 Å². The molecule has 0 fully saturated rings. The van der Waals surface area contributed by atoms with Crippen molar-refractivity contribution in [2.24, 2.45) is 0 Å². The highest BCUT2D eigenvalue weighted by molar-refractivity contribution is 7.09. The second-order valence-corrected chi connectivity index (χ2v) is 4.96. The van der Waals surface area contributed by atoms with Gasteiger partial charge in [0, 0.05) is 12.1 Å². The van der Waals surface area contributed by atoms with Gasteiger partial charge in [0.1, 0.15) is 6.61 Å². The summed E-state index contributed by atoms with van der Waals surface area (Å²) in [6.07, 6.45) is 1.77. The Labute approximate surface area is 120 Å². The molecule has 0 aliphatic heterocycles. The first kappa shape index (κ1) is 14.0. The Morgan fingerprint density at radius 3 is 2.37 bits per heavy atom. The molecule has 1 aromatic carbocycles. The van der Waals surface area contributed by atoms with Crippen LogP contribution in [0.3, 0.4) is 0 Å². The summed E-state index contributed by atoms with van der Waals surface area (Å²) in [6, 6.07) is 3.69. The highest BCUT2D eigenvalue weighted by Crippen LogP contribution is 2.39. The van der Waals surface area contributed by atoms with Gasteiger partial charge in [0.2, 0.25) is 5.75 Å². The van der Waals surface area contributed by atoms with Crippen LogP contribution in [0.1, 0.15) is 10.4 Å². The molecule has 1 aromatic heterocycles. The molecule has 0 aliphatic rings. The van der Waals surface area contributed by atoms with E-state index in [1.807, 2.05) is 12.1 Å². The van der Waals surface area contributed by atoms with Gasteiger partial charge in [-0.3, -0.25) is 4.98 Å². The highest BCUT2D eigenvalue weighted by atomic mass is 35.5. The van der Waals surface area contributed by atoms with Crippen LogP contribution < -0.4 is 14.2 Å². The van der Waals surface area contributed by atoms with Crippen LogP contribution >= 0.6 is 22.9 Å². The fraction of sp³-hybridized carbons (Fsp3) is 0.308. The van der Waals surface area contributed by atoms with Gasteiger partial charge in [-0.15, -0.1) is 22.9 Å². The van der Waals surface area contributed by atoms with Crippen LogP contribution in [-0.2, 0) is 12.5 Å². The van der Waals surface area contributed by atoms with Gasteiger partial charge in [0.15, 0.2) is 11.5 Å². The van der Waals surface area contributed by atoms with Crippen LogP contribution in [-0.4, -0.2) is 19.2 Å². The second-order valence-electron chi connectivity index (χ2n) is 3.72. The molecule has 4 nitrogen and oxygen atoms in total. The number of hydrogen-bond donors (Lipinski definition) is 0. The highest BCUT2D eigenvalue weighted by Gasteiger charge is 2.14. The average Bonchev–Trinajstić information content (AvgIpc) is 2.97. The van der Waals surface area contributed by atoms with Crippen molar-refractivity contribution in [2.75, 3.05) is 14.2 Å². The first-order valence-electron chi connectivity index (χ1n) is 5.59. The fourth-order valence-corrected chi connectivity index (χ4v) is 2.27. The number of thiazole rings is 1. The SMILES string of the molecule is COc1cc(CCl)cc(OC)c1OCc1cncs1. The zero-order valence-electron chi connectivity index (χ0n) is 10.7. The number of rotatable bonds is 6. The van der Waals surface area contributed by atoms with E-state index in [-0.39, 0.29) is 0 Å². The number of methoxy groups -OCH3 is 2. The first-order chi connectivity index (χ1) is 9.28. The van der Waals surface area contributed by atoms with Crippen molar-refractivity contribution < 1.29 is 14.2 Å². The topological polar surface area (TPSA) is 40.6 Å². The summed E-state index contributed by atoms with van der Waals surface area (Å²) in [6.45, 7) is 0.428. The van der Waals surface area contributed by atoms with E-state index in [0.717, 1.165) is 10.4 Å². The second kappa shape index (κ2) is 6.63. The monoisotopic (exact) mass is 299 g/mol. The Morgan fingerprint density at radius 2 is 1.89 bits per heavy atom.